The van der Waals surface area contributed by atoms with Crippen molar-refractivity contribution in [2.75, 3.05) is 6.61 Å². The second-order valence-electron chi connectivity index (χ2n) is 6.95. The van der Waals surface area contributed by atoms with Gasteiger partial charge in [0.1, 0.15) is 22.5 Å². The highest BCUT2D eigenvalue weighted by Gasteiger charge is 2.38. The van der Waals surface area contributed by atoms with Crippen LogP contribution in [0, 0.1) is 13.8 Å². The monoisotopic (exact) mass is 459 g/mol. The van der Waals surface area contributed by atoms with E-state index < -0.39 is 28.4 Å². The van der Waals surface area contributed by atoms with Crippen LogP contribution in [0.5, 0.6) is 5.75 Å². The Morgan fingerprint density at radius 1 is 1.16 bits per heavy atom. The Bertz CT molecular complexity index is 1060. The first kappa shape index (κ1) is 22.9. The number of hydrogen-bond acceptors (Lipinski definition) is 7. The van der Waals surface area contributed by atoms with Crippen molar-refractivity contribution in [1.82, 2.24) is 15.3 Å². The summed E-state index contributed by atoms with van der Waals surface area (Å²) in [5.74, 6) is -0.347. The summed E-state index contributed by atoms with van der Waals surface area (Å²) in [5.41, 5.74) is 2.24. The summed E-state index contributed by atoms with van der Waals surface area (Å²) in [5, 5.41) is 6.56. The Balaban J connectivity index is 1.60. The smallest absolute Gasteiger partial charge is 0.471 e. The summed E-state index contributed by atoms with van der Waals surface area (Å²) >= 11 is -2.02. The van der Waals surface area contributed by atoms with Crippen molar-refractivity contribution < 1.29 is 35.7 Å². The minimum atomic E-state index is -4.70. The summed E-state index contributed by atoms with van der Waals surface area (Å²) in [4.78, 5) is 3.40. The molecule has 2 heterocycles. The van der Waals surface area contributed by atoms with Crippen molar-refractivity contribution in [3.63, 3.8) is 0 Å². The third kappa shape index (κ3) is 5.50. The number of aryl methyl sites for hydroxylation is 3. The predicted octanol–water partition coefficient (Wildman–Crippen LogP) is 4.65. The average Bonchev–Trinajstić information content (AvgIpc) is 3.35. The first-order valence-electron chi connectivity index (χ1n) is 9.26. The molecule has 0 radical (unpaired) electrons. The standard InChI is InChI=1S/C19H20F3N3O5S/c1-10-7-13(17-23-18(30-25-17)19(20,21)22)8-11(2)16(10)28-6-4-5-14-9-15(24-29-14)12(3)31(26)27/h7-9,12H,4-6H2,1-3H3,(H,26,27). The minimum absolute atomic E-state index is 0.149. The molecule has 0 fully saturated rings. The second-order valence-corrected chi connectivity index (χ2v) is 8.21. The van der Waals surface area contributed by atoms with Gasteiger partial charge in [-0.05, 0) is 50.5 Å². The number of nitrogens with zero attached hydrogens (tertiary/aromatic N) is 3. The van der Waals surface area contributed by atoms with Crippen molar-refractivity contribution in [1.29, 1.82) is 0 Å². The molecule has 2 atom stereocenters. The van der Waals surface area contributed by atoms with Gasteiger partial charge >= 0.3 is 12.1 Å². The number of halogens is 3. The van der Waals surface area contributed by atoms with Crippen molar-refractivity contribution in [3.8, 4) is 17.1 Å². The summed E-state index contributed by atoms with van der Waals surface area (Å²) in [6.07, 6.45) is -3.57. The fraction of sp³-hybridized carbons (Fsp3) is 0.421. The molecule has 0 saturated heterocycles. The molecule has 3 aromatic rings. The highest BCUT2D eigenvalue weighted by Crippen LogP contribution is 2.32. The normalized spacial score (nSPS) is 13.9. The molecule has 0 bridgehead atoms. The molecule has 2 unspecified atom stereocenters. The fourth-order valence-corrected chi connectivity index (χ4v) is 3.24. The van der Waals surface area contributed by atoms with Crippen LogP contribution in [0.2, 0.25) is 0 Å². The topological polar surface area (TPSA) is 111 Å². The Morgan fingerprint density at radius 2 is 1.84 bits per heavy atom. The minimum Gasteiger partial charge on any atom is -0.493 e. The van der Waals surface area contributed by atoms with E-state index in [9.17, 15) is 17.4 Å². The molecule has 168 valence electrons. The van der Waals surface area contributed by atoms with Gasteiger partial charge in [0.2, 0.25) is 5.82 Å². The molecule has 8 nitrogen and oxygen atoms in total. The van der Waals surface area contributed by atoms with Gasteiger partial charge in [-0.25, -0.2) is 4.21 Å². The van der Waals surface area contributed by atoms with E-state index in [1.54, 1.807) is 39.0 Å². The molecule has 0 amide bonds. The molecule has 31 heavy (non-hydrogen) atoms. The van der Waals surface area contributed by atoms with Gasteiger partial charge < -0.3 is 18.3 Å². The molecule has 1 N–H and O–H groups in total. The summed E-state index contributed by atoms with van der Waals surface area (Å²) in [6.45, 7) is 5.49. The van der Waals surface area contributed by atoms with E-state index in [0.29, 0.717) is 42.2 Å². The molecule has 1 aromatic carbocycles. The molecule has 0 aliphatic heterocycles. The highest BCUT2D eigenvalue weighted by atomic mass is 32.2. The molecule has 0 aliphatic rings. The fourth-order valence-electron chi connectivity index (χ4n) is 2.93. The quantitative estimate of drug-likeness (QED) is 0.383. The molecule has 2 aromatic heterocycles. The first-order chi connectivity index (χ1) is 14.6. The van der Waals surface area contributed by atoms with Crippen molar-refractivity contribution in [3.05, 3.63) is 46.7 Å². The zero-order valence-corrected chi connectivity index (χ0v) is 17.7. The largest absolute Gasteiger partial charge is 0.493 e. The van der Waals surface area contributed by atoms with Gasteiger partial charge in [0.05, 0.1) is 6.61 Å². The number of benzene rings is 1. The highest BCUT2D eigenvalue weighted by molar-refractivity contribution is 7.79. The van der Waals surface area contributed by atoms with Crippen molar-refractivity contribution in [2.45, 2.75) is 45.0 Å². The van der Waals surface area contributed by atoms with E-state index in [0.717, 1.165) is 11.1 Å². The zero-order chi connectivity index (χ0) is 22.8. The van der Waals surface area contributed by atoms with E-state index in [4.69, 9.17) is 13.8 Å². The summed E-state index contributed by atoms with van der Waals surface area (Å²) < 4.78 is 73.5. The van der Waals surface area contributed by atoms with E-state index in [2.05, 4.69) is 19.8 Å². The Hall–Kier alpha value is -2.73. The summed E-state index contributed by atoms with van der Waals surface area (Å²) in [6, 6.07) is 4.91. The zero-order valence-electron chi connectivity index (χ0n) is 16.9. The van der Waals surface area contributed by atoms with Crippen molar-refractivity contribution >= 4 is 11.1 Å². The van der Waals surface area contributed by atoms with Crippen LogP contribution in [-0.4, -0.2) is 30.7 Å². The lowest BCUT2D eigenvalue weighted by atomic mass is 10.1. The molecular formula is C19H20F3N3O5S. The molecule has 12 heteroatoms. The molecule has 0 saturated carbocycles. The molecule has 0 aliphatic carbocycles. The van der Waals surface area contributed by atoms with Gasteiger partial charge in [-0.3, -0.25) is 0 Å². The Kier molecular flexibility index (Phi) is 6.80. The lowest BCUT2D eigenvalue weighted by molar-refractivity contribution is -0.159. The van der Waals surface area contributed by atoms with Gasteiger partial charge in [-0.2, -0.15) is 18.2 Å². The lowest BCUT2D eigenvalue weighted by Crippen LogP contribution is -2.05. The van der Waals surface area contributed by atoms with Gasteiger partial charge in [-0.15, -0.1) is 0 Å². The average molecular weight is 459 g/mol. The van der Waals surface area contributed by atoms with Crippen LogP contribution >= 0.6 is 0 Å². The third-order valence-electron chi connectivity index (χ3n) is 4.50. The Morgan fingerprint density at radius 3 is 2.42 bits per heavy atom. The first-order valence-corrected chi connectivity index (χ1v) is 10.4. The maximum Gasteiger partial charge on any atom is 0.471 e. The van der Waals surface area contributed by atoms with E-state index in [1.165, 1.54) is 0 Å². The maximum absolute atomic E-state index is 12.7. The van der Waals surface area contributed by atoms with E-state index in [-0.39, 0.29) is 5.82 Å². The van der Waals surface area contributed by atoms with Gasteiger partial charge in [0.15, 0.2) is 11.1 Å². The van der Waals surface area contributed by atoms with Crippen LogP contribution in [0.4, 0.5) is 13.2 Å². The number of hydrogen-bond donors (Lipinski definition) is 1. The lowest BCUT2D eigenvalue weighted by Gasteiger charge is -2.13. The number of rotatable bonds is 8. The third-order valence-corrected chi connectivity index (χ3v) is 5.34. The molecule has 3 rings (SSSR count). The van der Waals surface area contributed by atoms with Crippen LogP contribution < -0.4 is 4.74 Å². The summed E-state index contributed by atoms with van der Waals surface area (Å²) in [7, 11) is 0. The van der Waals surface area contributed by atoms with Gasteiger partial charge in [-0.1, -0.05) is 10.3 Å². The number of alkyl halides is 3. The second kappa shape index (κ2) is 9.18. The van der Waals surface area contributed by atoms with Gasteiger partial charge in [0, 0.05) is 18.1 Å². The number of aromatic nitrogens is 3. The van der Waals surface area contributed by atoms with Crippen molar-refractivity contribution in [2.24, 2.45) is 0 Å². The van der Waals surface area contributed by atoms with E-state index in [1.807, 2.05) is 0 Å². The van der Waals surface area contributed by atoms with Gasteiger partial charge in [0.25, 0.3) is 0 Å². The van der Waals surface area contributed by atoms with Crippen LogP contribution in [-0.2, 0) is 23.7 Å². The Labute approximate surface area is 178 Å². The van der Waals surface area contributed by atoms with Crippen LogP contribution in [0.1, 0.15) is 47.1 Å². The predicted molar refractivity (Wildman–Crippen MR) is 104 cm³/mol. The number of ether oxygens (including phenoxy) is 1. The molecular weight excluding hydrogens is 439 g/mol. The maximum atomic E-state index is 12.7. The van der Waals surface area contributed by atoms with Crippen LogP contribution in [0.25, 0.3) is 11.4 Å². The van der Waals surface area contributed by atoms with Crippen LogP contribution in [0.3, 0.4) is 0 Å². The molecule has 0 spiro atoms. The van der Waals surface area contributed by atoms with E-state index >= 15 is 0 Å². The van der Waals surface area contributed by atoms with Crippen LogP contribution in [0.15, 0.2) is 27.2 Å². The SMILES string of the molecule is Cc1cc(-c2noc(C(F)(F)F)n2)cc(C)c1OCCCc1cc(C(C)S(=O)O)no1.